The van der Waals surface area contributed by atoms with Crippen LogP contribution in [0, 0.1) is 5.82 Å². The SMILES string of the molecule is C=CCNC(=O)N[C@H]1CC(=O)N(c2cccc(F)c2)C1. The van der Waals surface area contributed by atoms with Crippen LogP contribution in [0.3, 0.4) is 0 Å². The third-order valence-corrected chi connectivity index (χ3v) is 2.99. The number of hydrogen-bond acceptors (Lipinski definition) is 2. The van der Waals surface area contributed by atoms with E-state index in [1.54, 1.807) is 18.2 Å². The van der Waals surface area contributed by atoms with Crippen LogP contribution < -0.4 is 15.5 Å². The van der Waals surface area contributed by atoms with E-state index >= 15 is 0 Å². The maximum absolute atomic E-state index is 13.2. The summed E-state index contributed by atoms with van der Waals surface area (Å²) in [6.45, 7) is 4.19. The average molecular weight is 277 g/mol. The van der Waals surface area contributed by atoms with E-state index in [9.17, 15) is 14.0 Å². The van der Waals surface area contributed by atoms with Crippen molar-refractivity contribution in [2.45, 2.75) is 12.5 Å². The highest BCUT2D eigenvalue weighted by atomic mass is 19.1. The molecule has 3 amide bonds. The van der Waals surface area contributed by atoms with E-state index in [0.29, 0.717) is 18.8 Å². The maximum atomic E-state index is 13.2. The highest BCUT2D eigenvalue weighted by molar-refractivity contribution is 5.96. The Kier molecular flexibility index (Phi) is 4.34. The fourth-order valence-electron chi connectivity index (χ4n) is 2.10. The van der Waals surface area contributed by atoms with Gasteiger partial charge < -0.3 is 15.5 Å². The minimum atomic E-state index is -0.393. The molecule has 20 heavy (non-hydrogen) atoms. The summed E-state index contributed by atoms with van der Waals surface area (Å²) in [5.74, 6) is -0.528. The van der Waals surface area contributed by atoms with E-state index in [4.69, 9.17) is 0 Å². The summed E-state index contributed by atoms with van der Waals surface area (Å²) >= 11 is 0. The summed E-state index contributed by atoms with van der Waals surface area (Å²) in [6, 6.07) is 5.22. The lowest BCUT2D eigenvalue weighted by atomic mass is 10.2. The Labute approximate surface area is 116 Å². The minimum absolute atomic E-state index is 0.135. The van der Waals surface area contributed by atoms with Gasteiger partial charge in [0.1, 0.15) is 5.82 Å². The molecule has 1 aliphatic rings. The molecule has 0 unspecified atom stereocenters. The number of benzene rings is 1. The molecule has 2 N–H and O–H groups in total. The molecule has 0 spiro atoms. The topological polar surface area (TPSA) is 61.4 Å². The molecule has 1 saturated heterocycles. The lowest BCUT2D eigenvalue weighted by Gasteiger charge is -2.17. The molecule has 1 fully saturated rings. The van der Waals surface area contributed by atoms with Gasteiger partial charge >= 0.3 is 6.03 Å². The van der Waals surface area contributed by atoms with E-state index in [1.807, 2.05) is 0 Å². The first-order valence-corrected chi connectivity index (χ1v) is 6.31. The summed E-state index contributed by atoms with van der Waals surface area (Å²) in [5.41, 5.74) is 0.505. The zero-order chi connectivity index (χ0) is 14.5. The molecule has 2 rings (SSSR count). The van der Waals surface area contributed by atoms with Gasteiger partial charge in [-0.2, -0.15) is 0 Å². The van der Waals surface area contributed by atoms with Crippen molar-refractivity contribution in [2.24, 2.45) is 0 Å². The summed E-state index contributed by atoms with van der Waals surface area (Å²) in [6.07, 6.45) is 1.77. The minimum Gasteiger partial charge on any atom is -0.335 e. The van der Waals surface area contributed by atoms with E-state index < -0.39 is 5.82 Å². The molecule has 0 radical (unpaired) electrons. The largest absolute Gasteiger partial charge is 0.335 e. The first-order valence-electron chi connectivity index (χ1n) is 6.31. The number of carbonyl (C=O) groups excluding carboxylic acids is 2. The highest BCUT2D eigenvalue weighted by Crippen LogP contribution is 2.22. The number of rotatable bonds is 4. The summed E-state index contributed by atoms with van der Waals surface area (Å²) < 4.78 is 13.2. The zero-order valence-electron chi connectivity index (χ0n) is 10.9. The van der Waals surface area contributed by atoms with Crippen LogP contribution >= 0.6 is 0 Å². The van der Waals surface area contributed by atoms with Crippen molar-refractivity contribution in [3.8, 4) is 0 Å². The number of amides is 3. The second-order valence-electron chi connectivity index (χ2n) is 4.53. The van der Waals surface area contributed by atoms with Gasteiger partial charge in [-0.25, -0.2) is 9.18 Å². The van der Waals surface area contributed by atoms with Gasteiger partial charge in [-0.3, -0.25) is 4.79 Å². The van der Waals surface area contributed by atoms with Crippen LogP contribution in [-0.2, 0) is 4.79 Å². The number of hydrogen-bond donors (Lipinski definition) is 2. The molecular weight excluding hydrogens is 261 g/mol. The summed E-state index contributed by atoms with van der Waals surface area (Å²) in [7, 11) is 0. The second-order valence-corrected chi connectivity index (χ2v) is 4.53. The number of anilines is 1. The fraction of sp³-hybridized carbons (Fsp3) is 0.286. The Morgan fingerprint density at radius 3 is 3.05 bits per heavy atom. The predicted molar refractivity (Wildman–Crippen MR) is 73.9 cm³/mol. The molecule has 1 aliphatic heterocycles. The molecule has 1 heterocycles. The Morgan fingerprint density at radius 1 is 1.55 bits per heavy atom. The van der Waals surface area contributed by atoms with E-state index in [2.05, 4.69) is 17.2 Å². The van der Waals surface area contributed by atoms with Gasteiger partial charge in [0.2, 0.25) is 5.91 Å². The molecule has 0 aromatic heterocycles. The number of urea groups is 1. The van der Waals surface area contributed by atoms with Gasteiger partial charge in [-0.05, 0) is 18.2 Å². The number of nitrogens with one attached hydrogen (secondary N) is 2. The predicted octanol–water partition coefficient (Wildman–Crippen LogP) is 1.42. The van der Waals surface area contributed by atoms with Crippen LogP contribution in [0.1, 0.15) is 6.42 Å². The van der Waals surface area contributed by atoms with Crippen LogP contribution in [0.25, 0.3) is 0 Å². The van der Waals surface area contributed by atoms with E-state index in [-0.39, 0.29) is 24.4 Å². The third-order valence-electron chi connectivity index (χ3n) is 2.99. The van der Waals surface area contributed by atoms with Gasteiger partial charge in [0.25, 0.3) is 0 Å². The lowest BCUT2D eigenvalue weighted by molar-refractivity contribution is -0.117. The van der Waals surface area contributed by atoms with Gasteiger partial charge in [0.05, 0.1) is 6.04 Å². The van der Waals surface area contributed by atoms with Crippen molar-refractivity contribution in [1.29, 1.82) is 0 Å². The van der Waals surface area contributed by atoms with Crippen molar-refractivity contribution in [2.75, 3.05) is 18.0 Å². The molecule has 1 atom stereocenters. The number of halogens is 1. The molecule has 5 nitrogen and oxygen atoms in total. The standard InChI is InChI=1S/C14H16FN3O2/c1-2-6-16-14(20)17-11-8-13(19)18(9-11)12-5-3-4-10(15)7-12/h2-5,7,11H,1,6,8-9H2,(H2,16,17,20)/t11-/m0/s1. The Morgan fingerprint density at radius 2 is 2.35 bits per heavy atom. The molecule has 1 aromatic carbocycles. The van der Waals surface area contributed by atoms with Crippen molar-refractivity contribution < 1.29 is 14.0 Å². The third kappa shape index (κ3) is 3.34. The lowest BCUT2D eigenvalue weighted by Crippen LogP contribution is -2.43. The van der Waals surface area contributed by atoms with E-state index in [0.717, 1.165) is 0 Å². The molecule has 0 aliphatic carbocycles. The van der Waals surface area contributed by atoms with Crippen LogP contribution in [-0.4, -0.2) is 31.1 Å². The van der Waals surface area contributed by atoms with Gasteiger partial charge in [0, 0.05) is 25.2 Å². The van der Waals surface area contributed by atoms with Crippen molar-refractivity contribution in [3.63, 3.8) is 0 Å². The first-order chi connectivity index (χ1) is 9.60. The molecule has 6 heteroatoms. The molecule has 1 aromatic rings. The first kappa shape index (κ1) is 14.0. The van der Waals surface area contributed by atoms with E-state index in [1.165, 1.54) is 17.0 Å². The molecule has 0 saturated carbocycles. The van der Waals surface area contributed by atoms with Gasteiger partial charge in [-0.15, -0.1) is 6.58 Å². The van der Waals surface area contributed by atoms with Crippen molar-refractivity contribution in [1.82, 2.24) is 10.6 Å². The zero-order valence-corrected chi connectivity index (χ0v) is 10.9. The van der Waals surface area contributed by atoms with Crippen LogP contribution in [0.4, 0.5) is 14.9 Å². The summed E-state index contributed by atoms with van der Waals surface area (Å²) in [5, 5.41) is 5.28. The Hall–Kier alpha value is -2.37. The van der Waals surface area contributed by atoms with Crippen LogP contribution in [0.15, 0.2) is 36.9 Å². The van der Waals surface area contributed by atoms with Crippen LogP contribution in [0.2, 0.25) is 0 Å². The van der Waals surface area contributed by atoms with Crippen molar-refractivity contribution in [3.05, 3.63) is 42.7 Å². The quantitative estimate of drug-likeness (QED) is 0.818. The van der Waals surface area contributed by atoms with Crippen molar-refractivity contribution >= 4 is 17.6 Å². The molecule has 106 valence electrons. The maximum Gasteiger partial charge on any atom is 0.315 e. The fourth-order valence-corrected chi connectivity index (χ4v) is 2.10. The van der Waals surface area contributed by atoms with Crippen LogP contribution in [0.5, 0.6) is 0 Å². The molecular formula is C14H16FN3O2. The Bertz CT molecular complexity index is 533. The smallest absolute Gasteiger partial charge is 0.315 e. The molecule has 0 bridgehead atoms. The van der Waals surface area contributed by atoms with Gasteiger partial charge in [-0.1, -0.05) is 12.1 Å². The average Bonchev–Trinajstić information content (AvgIpc) is 2.77. The number of nitrogens with zero attached hydrogens (tertiary/aromatic N) is 1. The Balaban J connectivity index is 1.97. The number of carbonyl (C=O) groups is 2. The van der Waals surface area contributed by atoms with Gasteiger partial charge in [0.15, 0.2) is 0 Å². The monoisotopic (exact) mass is 277 g/mol. The second kappa shape index (κ2) is 6.18. The highest BCUT2D eigenvalue weighted by Gasteiger charge is 2.31. The summed E-state index contributed by atoms with van der Waals surface area (Å²) in [4.78, 5) is 24.9. The normalized spacial score (nSPS) is 17.9.